The Morgan fingerprint density at radius 2 is 2.14 bits per heavy atom. The zero-order valence-corrected chi connectivity index (χ0v) is 16.1. The van der Waals surface area contributed by atoms with E-state index in [0.29, 0.717) is 49.5 Å². The largest absolute Gasteiger partial charge is 0.379 e. The summed E-state index contributed by atoms with van der Waals surface area (Å²) in [4.78, 5) is 26.7. The molecule has 1 saturated heterocycles. The smallest absolute Gasteiger partial charge is 0.220 e. The molecule has 1 aliphatic rings. The molecule has 29 heavy (non-hydrogen) atoms. The normalized spacial score (nSPS) is 16.0. The van der Waals surface area contributed by atoms with Crippen LogP contribution in [0.25, 0.3) is 11.0 Å². The topological polar surface area (TPSA) is 83.1 Å². The number of H-pyrrole nitrogens is 1. The molecule has 1 atom stereocenters. The van der Waals surface area contributed by atoms with E-state index in [1.165, 1.54) is 12.1 Å². The van der Waals surface area contributed by atoms with Gasteiger partial charge < -0.3 is 15.0 Å². The molecule has 2 N–H and O–H groups in total. The molecule has 1 aromatic carbocycles. The fourth-order valence-corrected chi connectivity index (χ4v) is 3.57. The van der Waals surface area contributed by atoms with Gasteiger partial charge in [0.25, 0.3) is 0 Å². The van der Waals surface area contributed by atoms with Gasteiger partial charge in [0, 0.05) is 38.7 Å². The van der Waals surface area contributed by atoms with Gasteiger partial charge in [-0.15, -0.1) is 0 Å². The predicted octanol–water partition coefficient (Wildman–Crippen LogP) is 2.22. The highest BCUT2D eigenvalue weighted by Gasteiger charge is 2.24. The number of aryl methyl sites for hydroxylation is 1. The average molecular weight is 397 g/mol. The monoisotopic (exact) mass is 397 g/mol. The highest BCUT2D eigenvalue weighted by molar-refractivity contribution is 5.77. The fourth-order valence-electron chi connectivity index (χ4n) is 3.57. The number of halogens is 1. The molecule has 0 aliphatic carbocycles. The number of fused-ring (bicyclic) bond motifs is 1. The summed E-state index contributed by atoms with van der Waals surface area (Å²) in [6.45, 7) is 3.48. The van der Waals surface area contributed by atoms with Gasteiger partial charge in [0.05, 0.1) is 36.0 Å². The van der Waals surface area contributed by atoms with Crippen LogP contribution in [0.4, 0.5) is 4.39 Å². The zero-order chi connectivity index (χ0) is 20.1. The van der Waals surface area contributed by atoms with Crippen molar-refractivity contribution in [2.75, 3.05) is 32.8 Å². The van der Waals surface area contributed by atoms with E-state index in [4.69, 9.17) is 4.74 Å². The molecule has 2 aromatic heterocycles. The highest BCUT2D eigenvalue weighted by atomic mass is 19.1. The third-order valence-corrected chi connectivity index (χ3v) is 5.09. The van der Waals surface area contributed by atoms with Crippen molar-refractivity contribution >= 4 is 16.9 Å². The predicted molar refractivity (Wildman–Crippen MR) is 107 cm³/mol. The van der Waals surface area contributed by atoms with Gasteiger partial charge in [0.2, 0.25) is 5.91 Å². The van der Waals surface area contributed by atoms with Crippen molar-refractivity contribution in [1.82, 2.24) is 25.2 Å². The van der Waals surface area contributed by atoms with Gasteiger partial charge in [0.15, 0.2) is 0 Å². The number of carbonyl (C=O) groups excluding carboxylic acids is 1. The van der Waals surface area contributed by atoms with Crippen LogP contribution >= 0.6 is 0 Å². The molecule has 152 valence electrons. The van der Waals surface area contributed by atoms with Gasteiger partial charge in [-0.3, -0.25) is 14.7 Å². The minimum Gasteiger partial charge on any atom is -0.379 e. The van der Waals surface area contributed by atoms with Crippen molar-refractivity contribution in [2.24, 2.45) is 0 Å². The Morgan fingerprint density at radius 1 is 1.28 bits per heavy atom. The maximum atomic E-state index is 13.3. The number of hydrogen-bond acceptors (Lipinski definition) is 5. The summed E-state index contributed by atoms with van der Waals surface area (Å²) in [6, 6.07) is 10.3. The van der Waals surface area contributed by atoms with Gasteiger partial charge >= 0.3 is 0 Å². The number of benzene rings is 1. The number of amides is 1. The Kier molecular flexibility index (Phi) is 6.12. The summed E-state index contributed by atoms with van der Waals surface area (Å²) in [5, 5.41) is 3.03. The second-order valence-electron chi connectivity index (χ2n) is 7.07. The van der Waals surface area contributed by atoms with E-state index in [2.05, 4.69) is 25.2 Å². The van der Waals surface area contributed by atoms with Gasteiger partial charge in [-0.2, -0.15) is 0 Å². The van der Waals surface area contributed by atoms with Crippen LogP contribution < -0.4 is 5.32 Å². The van der Waals surface area contributed by atoms with Gasteiger partial charge in [-0.25, -0.2) is 9.37 Å². The maximum Gasteiger partial charge on any atom is 0.220 e. The number of morpholine rings is 1. The molecule has 3 heterocycles. The molecule has 4 rings (SSSR count). The second-order valence-corrected chi connectivity index (χ2v) is 7.07. The number of nitrogens with zero attached hydrogens (tertiary/aromatic N) is 3. The van der Waals surface area contributed by atoms with Crippen LogP contribution in [0.3, 0.4) is 0 Å². The quantitative estimate of drug-likeness (QED) is 0.639. The van der Waals surface area contributed by atoms with Crippen molar-refractivity contribution in [3.63, 3.8) is 0 Å². The van der Waals surface area contributed by atoms with E-state index in [-0.39, 0.29) is 17.8 Å². The number of carbonyl (C=O) groups is 1. The first-order chi connectivity index (χ1) is 14.2. The lowest BCUT2D eigenvalue weighted by Gasteiger charge is -2.34. The third kappa shape index (κ3) is 4.96. The summed E-state index contributed by atoms with van der Waals surface area (Å²) in [5.41, 5.74) is 2.28. The molecule has 1 amide bonds. The summed E-state index contributed by atoms with van der Waals surface area (Å²) in [5.74, 6) is 0.315. The molecule has 1 aliphatic heterocycles. The van der Waals surface area contributed by atoms with Crippen molar-refractivity contribution < 1.29 is 13.9 Å². The number of imidazole rings is 1. The molecule has 0 saturated carbocycles. The molecular formula is C21H24FN5O2. The zero-order valence-electron chi connectivity index (χ0n) is 16.1. The molecular weight excluding hydrogens is 373 g/mol. The first kappa shape index (κ1) is 19.5. The maximum absolute atomic E-state index is 13.3. The van der Waals surface area contributed by atoms with Crippen LogP contribution in [-0.2, 0) is 16.0 Å². The Labute approximate surface area is 168 Å². The lowest BCUT2D eigenvalue weighted by Crippen LogP contribution is -2.44. The van der Waals surface area contributed by atoms with Crippen LogP contribution in [0.2, 0.25) is 0 Å². The van der Waals surface area contributed by atoms with Crippen LogP contribution in [0.1, 0.15) is 24.0 Å². The Hall–Kier alpha value is -2.84. The van der Waals surface area contributed by atoms with E-state index >= 15 is 0 Å². The number of hydrogen-bond donors (Lipinski definition) is 2. The minimum atomic E-state index is -0.311. The number of nitrogens with one attached hydrogen (secondary N) is 2. The Bertz CT molecular complexity index is 956. The van der Waals surface area contributed by atoms with E-state index in [9.17, 15) is 9.18 Å². The molecule has 3 aromatic rings. The molecule has 1 fully saturated rings. The Morgan fingerprint density at radius 3 is 2.93 bits per heavy atom. The lowest BCUT2D eigenvalue weighted by atomic mass is 10.1. The summed E-state index contributed by atoms with van der Waals surface area (Å²) in [6.07, 6.45) is 2.54. The Balaban J connectivity index is 1.34. The third-order valence-electron chi connectivity index (χ3n) is 5.09. The SMILES string of the molecule is O=C(CCc1nc2ccc(F)cc2[nH]1)NC[C@@H](c1ccccn1)N1CCOCC1. The van der Waals surface area contributed by atoms with Gasteiger partial charge in [0.1, 0.15) is 11.6 Å². The van der Waals surface area contributed by atoms with Crippen molar-refractivity contribution in [3.8, 4) is 0 Å². The van der Waals surface area contributed by atoms with Crippen LogP contribution in [0.5, 0.6) is 0 Å². The van der Waals surface area contributed by atoms with Gasteiger partial charge in [-0.05, 0) is 30.3 Å². The molecule has 8 heteroatoms. The lowest BCUT2D eigenvalue weighted by molar-refractivity contribution is -0.121. The molecule has 0 spiro atoms. The number of aromatic amines is 1. The van der Waals surface area contributed by atoms with E-state index in [1.807, 2.05) is 18.2 Å². The molecule has 7 nitrogen and oxygen atoms in total. The molecule has 0 bridgehead atoms. The van der Waals surface area contributed by atoms with E-state index in [0.717, 1.165) is 18.8 Å². The van der Waals surface area contributed by atoms with Crippen molar-refractivity contribution in [2.45, 2.75) is 18.9 Å². The summed E-state index contributed by atoms with van der Waals surface area (Å²) < 4.78 is 18.7. The average Bonchev–Trinajstić information content (AvgIpc) is 3.16. The molecule has 0 unspecified atom stereocenters. The number of rotatable bonds is 7. The van der Waals surface area contributed by atoms with Crippen LogP contribution in [0, 0.1) is 5.82 Å². The number of pyridine rings is 1. The van der Waals surface area contributed by atoms with Gasteiger partial charge in [-0.1, -0.05) is 6.07 Å². The highest BCUT2D eigenvalue weighted by Crippen LogP contribution is 2.19. The summed E-state index contributed by atoms with van der Waals surface area (Å²) >= 11 is 0. The number of aromatic nitrogens is 3. The van der Waals surface area contributed by atoms with E-state index < -0.39 is 0 Å². The first-order valence-corrected chi connectivity index (χ1v) is 9.82. The second kappa shape index (κ2) is 9.11. The standard InChI is InChI=1S/C21H24FN5O2/c22-15-4-5-16-18(13-15)26-20(25-16)6-7-21(28)24-14-19(17-3-1-2-8-23-17)27-9-11-29-12-10-27/h1-5,8,13,19H,6-7,9-12,14H2,(H,24,28)(H,25,26)/t19-/m0/s1. The molecule has 0 radical (unpaired) electrons. The van der Waals surface area contributed by atoms with Crippen LogP contribution in [0.15, 0.2) is 42.6 Å². The van der Waals surface area contributed by atoms with Crippen LogP contribution in [-0.4, -0.2) is 58.6 Å². The summed E-state index contributed by atoms with van der Waals surface area (Å²) in [7, 11) is 0. The van der Waals surface area contributed by atoms with Crippen molar-refractivity contribution in [1.29, 1.82) is 0 Å². The first-order valence-electron chi connectivity index (χ1n) is 9.82. The van der Waals surface area contributed by atoms with Crippen molar-refractivity contribution in [3.05, 3.63) is 59.9 Å². The number of ether oxygens (including phenoxy) is 1. The minimum absolute atomic E-state index is 0.0122. The van der Waals surface area contributed by atoms with E-state index in [1.54, 1.807) is 12.3 Å². The fraction of sp³-hybridized carbons (Fsp3) is 0.381.